The van der Waals surface area contributed by atoms with E-state index in [0.29, 0.717) is 12.1 Å². The van der Waals surface area contributed by atoms with Gasteiger partial charge in [-0.2, -0.15) is 0 Å². The van der Waals surface area contributed by atoms with Gasteiger partial charge in [-0.25, -0.2) is 4.98 Å². The molecule has 1 amide bonds. The second-order valence-electron chi connectivity index (χ2n) is 6.76. The summed E-state index contributed by atoms with van der Waals surface area (Å²) in [6, 6.07) is 3.67. The van der Waals surface area contributed by atoms with Gasteiger partial charge in [-0.3, -0.25) is 9.59 Å². The number of nitrogens with zero attached hydrogens (tertiary/aromatic N) is 2. The predicted molar refractivity (Wildman–Crippen MR) is 93.0 cm³/mol. The molecule has 1 aromatic rings. The fourth-order valence-electron chi connectivity index (χ4n) is 3.17. The molecule has 1 unspecified atom stereocenters. The van der Waals surface area contributed by atoms with Crippen molar-refractivity contribution in [3.8, 4) is 0 Å². The Hall–Kier alpha value is -2.11. The molecule has 1 aliphatic rings. The van der Waals surface area contributed by atoms with Gasteiger partial charge in [0.15, 0.2) is 0 Å². The van der Waals surface area contributed by atoms with Gasteiger partial charge in [0.1, 0.15) is 5.82 Å². The summed E-state index contributed by atoms with van der Waals surface area (Å²) in [4.78, 5) is 30.5. The highest BCUT2D eigenvalue weighted by Gasteiger charge is 2.40. The monoisotopic (exact) mass is 333 g/mol. The Labute approximate surface area is 143 Å². The molecule has 2 rings (SSSR count). The number of piperidine rings is 1. The van der Waals surface area contributed by atoms with Crippen LogP contribution < -0.4 is 10.2 Å². The molecule has 0 radical (unpaired) electrons. The average molecular weight is 333 g/mol. The van der Waals surface area contributed by atoms with Crippen LogP contribution >= 0.6 is 0 Å². The minimum atomic E-state index is -0.519. The molecule has 0 spiro atoms. The van der Waals surface area contributed by atoms with E-state index in [0.717, 1.165) is 31.7 Å². The Bertz CT molecular complexity index is 584. The van der Waals surface area contributed by atoms with E-state index in [1.165, 1.54) is 7.11 Å². The molecule has 0 aromatic carbocycles. The van der Waals surface area contributed by atoms with Crippen LogP contribution in [0.2, 0.25) is 0 Å². The van der Waals surface area contributed by atoms with Gasteiger partial charge in [-0.1, -0.05) is 0 Å². The second-order valence-corrected chi connectivity index (χ2v) is 6.76. The SMILES string of the molecule is CCNC(=O)c1ccc(N2CCCC(C(C)(C)C(=O)OC)C2)nc1. The highest BCUT2D eigenvalue weighted by molar-refractivity contribution is 5.94. The third-order valence-corrected chi connectivity index (χ3v) is 4.82. The molecule has 132 valence electrons. The van der Waals surface area contributed by atoms with Crippen molar-refractivity contribution in [3.63, 3.8) is 0 Å². The van der Waals surface area contributed by atoms with E-state index < -0.39 is 5.41 Å². The number of anilines is 1. The molecule has 1 aromatic heterocycles. The number of aromatic nitrogens is 1. The number of carbonyl (C=O) groups is 2. The lowest BCUT2D eigenvalue weighted by Gasteiger charge is -2.40. The van der Waals surface area contributed by atoms with E-state index in [1.807, 2.05) is 26.8 Å². The van der Waals surface area contributed by atoms with Crippen molar-refractivity contribution in [1.29, 1.82) is 0 Å². The van der Waals surface area contributed by atoms with Crippen LogP contribution in [0.15, 0.2) is 18.3 Å². The zero-order valence-electron chi connectivity index (χ0n) is 15.0. The lowest BCUT2D eigenvalue weighted by atomic mass is 9.74. The van der Waals surface area contributed by atoms with Gasteiger partial charge in [0, 0.05) is 25.8 Å². The number of hydrogen-bond acceptors (Lipinski definition) is 5. The molecule has 6 heteroatoms. The first-order chi connectivity index (χ1) is 11.4. The van der Waals surface area contributed by atoms with Crippen molar-refractivity contribution in [2.75, 3.05) is 31.6 Å². The average Bonchev–Trinajstić information content (AvgIpc) is 2.61. The maximum Gasteiger partial charge on any atom is 0.311 e. The lowest BCUT2D eigenvalue weighted by molar-refractivity contribution is -0.154. The molecule has 0 bridgehead atoms. The maximum absolute atomic E-state index is 12.1. The van der Waals surface area contributed by atoms with Gasteiger partial charge in [-0.05, 0) is 51.7 Å². The van der Waals surface area contributed by atoms with E-state index in [9.17, 15) is 9.59 Å². The van der Waals surface area contributed by atoms with Crippen LogP contribution in [-0.2, 0) is 9.53 Å². The van der Waals surface area contributed by atoms with E-state index in [4.69, 9.17) is 4.74 Å². The Balaban J connectivity index is 2.09. The molecule has 24 heavy (non-hydrogen) atoms. The fraction of sp³-hybridized carbons (Fsp3) is 0.611. The van der Waals surface area contributed by atoms with E-state index in [-0.39, 0.29) is 17.8 Å². The summed E-state index contributed by atoms with van der Waals surface area (Å²) >= 11 is 0. The number of nitrogens with one attached hydrogen (secondary N) is 1. The van der Waals surface area contributed by atoms with Crippen LogP contribution in [0.1, 0.15) is 44.0 Å². The molecule has 1 saturated heterocycles. The van der Waals surface area contributed by atoms with E-state index >= 15 is 0 Å². The Kier molecular flexibility index (Phi) is 5.80. The third-order valence-electron chi connectivity index (χ3n) is 4.82. The molecule has 1 fully saturated rings. The summed E-state index contributed by atoms with van der Waals surface area (Å²) < 4.78 is 4.96. The molecule has 2 heterocycles. The topological polar surface area (TPSA) is 71.5 Å². The lowest BCUT2D eigenvalue weighted by Crippen LogP contribution is -2.45. The molecule has 1 N–H and O–H groups in total. The van der Waals surface area contributed by atoms with Gasteiger partial charge < -0.3 is 15.0 Å². The predicted octanol–water partition coefficient (Wildman–Crippen LogP) is 2.25. The summed E-state index contributed by atoms with van der Waals surface area (Å²) in [6.07, 6.45) is 3.61. The number of pyridine rings is 1. The highest BCUT2D eigenvalue weighted by atomic mass is 16.5. The smallest absolute Gasteiger partial charge is 0.311 e. The van der Waals surface area contributed by atoms with Crippen molar-refractivity contribution in [2.45, 2.75) is 33.6 Å². The Morgan fingerprint density at radius 3 is 2.75 bits per heavy atom. The first-order valence-electron chi connectivity index (χ1n) is 8.47. The third kappa shape index (κ3) is 3.86. The second kappa shape index (κ2) is 7.64. The minimum absolute atomic E-state index is 0.111. The zero-order valence-corrected chi connectivity index (χ0v) is 15.0. The van der Waals surface area contributed by atoms with Crippen molar-refractivity contribution >= 4 is 17.7 Å². The van der Waals surface area contributed by atoms with Crippen molar-refractivity contribution < 1.29 is 14.3 Å². The van der Waals surface area contributed by atoms with Crippen LogP contribution in [0.25, 0.3) is 0 Å². The van der Waals surface area contributed by atoms with E-state index in [2.05, 4.69) is 15.2 Å². The molecular weight excluding hydrogens is 306 g/mol. The first-order valence-corrected chi connectivity index (χ1v) is 8.47. The van der Waals surface area contributed by atoms with Crippen molar-refractivity contribution in [2.24, 2.45) is 11.3 Å². The number of carbonyl (C=O) groups excluding carboxylic acids is 2. The number of hydrogen-bond donors (Lipinski definition) is 1. The van der Waals surface area contributed by atoms with Gasteiger partial charge in [0.2, 0.25) is 0 Å². The van der Waals surface area contributed by atoms with Crippen LogP contribution in [-0.4, -0.2) is 43.6 Å². The summed E-state index contributed by atoms with van der Waals surface area (Å²) in [5.74, 6) is 0.769. The zero-order chi connectivity index (χ0) is 17.7. The van der Waals surface area contributed by atoms with Gasteiger partial charge >= 0.3 is 5.97 Å². The summed E-state index contributed by atoms with van der Waals surface area (Å²) in [6.45, 7) is 8.03. The summed E-state index contributed by atoms with van der Waals surface area (Å²) in [5, 5.41) is 2.76. The molecule has 1 aliphatic heterocycles. The Morgan fingerprint density at radius 1 is 1.42 bits per heavy atom. The number of ether oxygens (including phenoxy) is 1. The summed E-state index contributed by atoms with van der Waals surface area (Å²) in [7, 11) is 1.44. The van der Waals surface area contributed by atoms with Crippen LogP contribution in [0.5, 0.6) is 0 Å². The molecule has 6 nitrogen and oxygen atoms in total. The molecule has 0 saturated carbocycles. The van der Waals surface area contributed by atoms with Crippen LogP contribution in [0, 0.1) is 11.3 Å². The van der Waals surface area contributed by atoms with Crippen molar-refractivity contribution in [3.05, 3.63) is 23.9 Å². The van der Waals surface area contributed by atoms with Crippen LogP contribution in [0.3, 0.4) is 0 Å². The van der Waals surface area contributed by atoms with Gasteiger partial charge in [0.05, 0.1) is 18.1 Å². The number of esters is 1. The highest BCUT2D eigenvalue weighted by Crippen LogP contribution is 2.36. The normalized spacial score (nSPS) is 18.2. The molecular formula is C18H27N3O3. The Morgan fingerprint density at radius 2 is 2.17 bits per heavy atom. The quantitative estimate of drug-likeness (QED) is 0.837. The maximum atomic E-state index is 12.1. The number of methoxy groups -OCH3 is 1. The first kappa shape index (κ1) is 18.2. The van der Waals surface area contributed by atoms with E-state index in [1.54, 1.807) is 12.3 Å². The van der Waals surface area contributed by atoms with Gasteiger partial charge in [-0.15, -0.1) is 0 Å². The van der Waals surface area contributed by atoms with Gasteiger partial charge in [0.25, 0.3) is 5.91 Å². The molecule has 0 aliphatic carbocycles. The van der Waals surface area contributed by atoms with Crippen LogP contribution in [0.4, 0.5) is 5.82 Å². The fourth-order valence-corrected chi connectivity index (χ4v) is 3.17. The number of amides is 1. The summed E-state index contributed by atoms with van der Waals surface area (Å²) in [5.41, 5.74) is 0.0398. The standard InChI is InChI=1S/C18H27N3O3/c1-5-19-16(22)13-8-9-15(20-11-13)21-10-6-7-14(12-21)18(2,3)17(23)24-4/h8-9,11,14H,5-7,10,12H2,1-4H3,(H,19,22). The van der Waals surface area contributed by atoms with Crippen molar-refractivity contribution in [1.82, 2.24) is 10.3 Å². The minimum Gasteiger partial charge on any atom is -0.469 e. The molecule has 1 atom stereocenters. The number of rotatable bonds is 5. The largest absolute Gasteiger partial charge is 0.469 e.